The van der Waals surface area contributed by atoms with Gasteiger partial charge in [-0.25, -0.2) is 0 Å². The van der Waals surface area contributed by atoms with Crippen molar-refractivity contribution in [2.24, 2.45) is 0 Å². The van der Waals surface area contributed by atoms with E-state index in [0.717, 1.165) is 22.1 Å². The molecular formula is C16H18BrNO. The second kappa shape index (κ2) is 6.22. The summed E-state index contributed by atoms with van der Waals surface area (Å²) in [6.45, 7) is 2.13. The first-order valence-electron chi connectivity index (χ1n) is 6.40. The average molecular weight is 320 g/mol. The van der Waals surface area contributed by atoms with Gasteiger partial charge in [0.1, 0.15) is 0 Å². The molecule has 0 spiro atoms. The lowest BCUT2D eigenvalue weighted by molar-refractivity contribution is 0.207. The van der Waals surface area contributed by atoms with E-state index in [1.54, 1.807) is 0 Å². The number of benzene rings is 2. The normalized spacial score (nSPS) is 13.8. The van der Waals surface area contributed by atoms with Gasteiger partial charge in [-0.15, -0.1) is 0 Å². The zero-order valence-corrected chi connectivity index (χ0v) is 12.5. The van der Waals surface area contributed by atoms with Gasteiger partial charge >= 0.3 is 0 Å². The summed E-state index contributed by atoms with van der Waals surface area (Å²) in [4.78, 5) is 0. The smallest absolute Gasteiger partial charge is 0.0854 e. The van der Waals surface area contributed by atoms with Gasteiger partial charge in [0.05, 0.1) is 12.1 Å². The van der Waals surface area contributed by atoms with Crippen molar-refractivity contribution in [1.29, 1.82) is 0 Å². The molecule has 2 aromatic carbocycles. The van der Waals surface area contributed by atoms with Gasteiger partial charge < -0.3 is 10.4 Å². The number of rotatable bonds is 5. The minimum absolute atomic E-state index is 0.0556. The van der Waals surface area contributed by atoms with Crippen LogP contribution in [0, 0.1) is 0 Å². The van der Waals surface area contributed by atoms with Crippen molar-refractivity contribution in [2.75, 3.05) is 11.9 Å². The van der Waals surface area contributed by atoms with E-state index in [2.05, 4.69) is 28.2 Å². The van der Waals surface area contributed by atoms with Crippen LogP contribution in [0.3, 0.4) is 0 Å². The Balaban J connectivity index is 2.34. The zero-order valence-electron chi connectivity index (χ0n) is 10.9. The first kappa shape index (κ1) is 14.1. The van der Waals surface area contributed by atoms with Crippen LogP contribution in [0.15, 0.2) is 59.1 Å². The van der Waals surface area contributed by atoms with Gasteiger partial charge in [-0.1, -0.05) is 53.2 Å². The van der Waals surface area contributed by atoms with E-state index in [0.29, 0.717) is 0 Å². The maximum absolute atomic E-state index is 9.89. The lowest BCUT2D eigenvalue weighted by atomic mass is 9.87. The molecule has 2 rings (SSSR count). The van der Waals surface area contributed by atoms with Crippen molar-refractivity contribution in [3.63, 3.8) is 0 Å². The van der Waals surface area contributed by atoms with Gasteiger partial charge in [0, 0.05) is 10.2 Å². The minimum Gasteiger partial charge on any atom is -0.394 e. The van der Waals surface area contributed by atoms with Crippen molar-refractivity contribution in [3.8, 4) is 0 Å². The summed E-state index contributed by atoms with van der Waals surface area (Å²) in [5, 5.41) is 13.3. The van der Waals surface area contributed by atoms with Crippen molar-refractivity contribution < 1.29 is 5.11 Å². The topological polar surface area (TPSA) is 32.3 Å². The Bertz CT molecular complexity index is 506. The number of nitrogens with one attached hydrogen (secondary N) is 1. The molecule has 19 heavy (non-hydrogen) atoms. The van der Waals surface area contributed by atoms with Crippen LogP contribution < -0.4 is 5.32 Å². The Morgan fingerprint density at radius 1 is 1.05 bits per heavy atom. The molecule has 0 saturated heterocycles. The molecule has 0 aliphatic heterocycles. The number of anilines is 1. The van der Waals surface area contributed by atoms with Crippen LogP contribution in [-0.4, -0.2) is 11.7 Å². The summed E-state index contributed by atoms with van der Waals surface area (Å²) < 4.78 is 1.04. The van der Waals surface area contributed by atoms with Gasteiger partial charge in [0.15, 0.2) is 0 Å². The Morgan fingerprint density at radius 3 is 2.21 bits per heavy atom. The lowest BCUT2D eigenvalue weighted by Gasteiger charge is -2.33. The van der Waals surface area contributed by atoms with Crippen LogP contribution in [-0.2, 0) is 5.54 Å². The van der Waals surface area contributed by atoms with Crippen molar-refractivity contribution in [3.05, 3.63) is 64.6 Å². The molecule has 0 heterocycles. The second-order valence-electron chi connectivity index (χ2n) is 4.59. The molecule has 1 unspecified atom stereocenters. The number of aliphatic hydroxyl groups is 1. The van der Waals surface area contributed by atoms with Gasteiger partial charge in [-0.3, -0.25) is 0 Å². The third kappa shape index (κ3) is 3.17. The number of hydrogen-bond acceptors (Lipinski definition) is 2. The molecule has 0 fully saturated rings. The standard InChI is InChI=1S/C16H18BrNO/c1-2-16(12-19,13-8-10-14(17)11-9-13)18-15-6-4-3-5-7-15/h3-11,18-19H,2,12H2,1H3. The Labute approximate surface area is 122 Å². The first-order chi connectivity index (χ1) is 9.20. The van der Waals surface area contributed by atoms with E-state index in [4.69, 9.17) is 0 Å². The quantitative estimate of drug-likeness (QED) is 0.867. The molecule has 100 valence electrons. The van der Waals surface area contributed by atoms with Crippen molar-refractivity contribution in [1.82, 2.24) is 0 Å². The summed E-state index contributed by atoms with van der Waals surface area (Å²) >= 11 is 3.44. The van der Waals surface area contributed by atoms with Crippen LogP contribution in [0.25, 0.3) is 0 Å². The number of halogens is 1. The maximum Gasteiger partial charge on any atom is 0.0854 e. The van der Waals surface area contributed by atoms with Crippen LogP contribution in [0.5, 0.6) is 0 Å². The highest BCUT2D eigenvalue weighted by Crippen LogP contribution is 2.30. The minimum atomic E-state index is -0.442. The Morgan fingerprint density at radius 2 is 1.68 bits per heavy atom. The second-order valence-corrected chi connectivity index (χ2v) is 5.51. The van der Waals surface area contributed by atoms with Crippen LogP contribution in [0.4, 0.5) is 5.69 Å². The lowest BCUT2D eigenvalue weighted by Crippen LogP contribution is -2.38. The zero-order chi connectivity index (χ0) is 13.7. The van der Waals surface area contributed by atoms with Gasteiger partial charge in [-0.2, -0.15) is 0 Å². The maximum atomic E-state index is 9.89. The summed E-state index contributed by atoms with van der Waals surface area (Å²) in [7, 11) is 0. The molecule has 0 amide bonds. The summed E-state index contributed by atoms with van der Waals surface area (Å²) in [6, 6.07) is 18.1. The highest BCUT2D eigenvalue weighted by molar-refractivity contribution is 9.10. The van der Waals surface area contributed by atoms with E-state index in [9.17, 15) is 5.11 Å². The fraction of sp³-hybridized carbons (Fsp3) is 0.250. The van der Waals surface area contributed by atoms with E-state index < -0.39 is 5.54 Å². The van der Waals surface area contributed by atoms with E-state index in [-0.39, 0.29) is 6.61 Å². The SMILES string of the molecule is CCC(CO)(Nc1ccccc1)c1ccc(Br)cc1. The third-order valence-corrected chi connectivity index (χ3v) is 3.96. The van der Waals surface area contributed by atoms with Gasteiger partial charge in [-0.05, 0) is 36.2 Å². The van der Waals surface area contributed by atoms with E-state index >= 15 is 0 Å². The fourth-order valence-electron chi connectivity index (χ4n) is 2.17. The summed E-state index contributed by atoms with van der Waals surface area (Å²) in [6.07, 6.45) is 0.806. The number of hydrogen-bond donors (Lipinski definition) is 2. The van der Waals surface area contributed by atoms with Crippen LogP contribution in [0.2, 0.25) is 0 Å². The van der Waals surface area contributed by atoms with E-state index in [1.807, 2.05) is 54.6 Å². The third-order valence-electron chi connectivity index (χ3n) is 3.43. The van der Waals surface area contributed by atoms with Crippen LogP contribution >= 0.6 is 15.9 Å². The largest absolute Gasteiger partial charge is 0.394 e. The Kier molecular flexibility index (Phi) is 4.61. The average Bonchev–Trinajstić information content (AvgIpc) is 2.47. The highest BCUT2D eigenvalue weighted by atomic mass is 79.9. The van der Waals surface area contributed by atoms with Crippen molar-refractivity contribution >= 4 is 21.6 Å². The van der Waals surface area contributed by atoms with Crippen LogP contribution in [0.1, 0.15) is 18.9 Å². The fourth-order valence-corrected chi connectivity index (χ4v) is 2.44. The summed E-state index contributed by atoms with van der Waals surface area (Å²) in [5.41, 5.74) is 1.66. The molecule has 0 saturated carbocycles. The Hall–Kier alpha value is -1.32. The van der Waals surface area contributed by atoms with Crippen molar-refractivity contribution in [2.45, 2.75) is 18.9 Å². The van der Waals surface area contributed by atoms with Gasteiger partial charge in [0.2, 0.25) is 0 Å². The molecule has 0 aliphatic rings. The molecule has 2 aromatic rings. The van der Waals surface area contributed by atoms with E-state index in [1.165, 1.54) is 0 Å². The molecule has 2 nitrogen and oxygen atoms in total. The molecule has 0 aromatic heterocycles. The molecular weight excluding hydrogens is 302 g/mol. The monoisotopic (exact) mass is 319 g/mol. The molecule has 0 radical (unpaired) electrons. The number of para-hydroxylation sites is 1. The summed E-state index contributed by atoms with van der Waals surface area (Å²) in [5.74, 6) is 0. The molecule has 0 aliphatic carbocycles. The molecule has 1 atom stereocenters. The number of aliphatic hydroxyl groups excluding tert-OH is 1. The molecule has 2 N–H and O–H groups in total. The van der Waals surface area contributed by atoms with Gasteiger partial charge in [0.25, 0.3) is 0 Å². The molecule has 3 heteroatoms. The predicted molar refractivity (Wildman–Crippen MR) is 83.3 cm³/mol. The first-order valence-corrected chi connectivity index (χ1v) is 7.19. The molecule has 0 bridgehead atoms. The highest BCUT2D eigenvalue weighted by Gasteiger charge is 2.29. The predicted octanol–water partition coefficient (Wildman–Crippen LogP) is 4.16.